The average molecular weight is 283 g/mol. The van der Waals surface area contributed by atoms with Gasteiger partial charge in [0.1, 0.15) is 12.1 Å². The molecule has 2 saturated heterocycles. The van der Waals surface area contributed by atoms with Crippen molar-refractivity contribution in [2.24, 2.45) is 0 Å². The molecule has 3 atom stereocenters. The number of hydrogen-bond donors (Lipinski definition) is 1. The zero-order chi connectivity index (χ0) is 13.6. The molecule has 0 aliphatic carbocycles. The van der Waals surface area contributed by atoms with Gasteiger partial charge in [-0.15, -0.1) is 0 Å². The van der Waals surface area contributed by atoms with Gasteiger partial charge < -0.3 is 10.2 Å². The van der Waals surface area contributed by atoms with E-state index in [2.05, 4.69) is 10.4 Å². The second kappa shape index (κ2) is 4.52. The number of nitrogens with one attached hydrogen (secondary N) is 1. The standard InChI is InChI=1S/C12H15ClN4O2/c1-7(16-6-8(13)4-15-16)12(19)17-9-2-3-10(17)11(18)14-5-9/h4,6-7,9-10H,2-3,5H2,1H3,(H,14,18). The van der Waals surface area contributed by atoms with Crippen molar-refractivity contribution >= 4 is 23.4 Å². The number of hydrogen-bond acceptors (Lipinski definition) is 3. The Balaban J connectivity index is 1.82. The largest absolute Gasteiger partial charge is 0.352 e. The molecule has 0 spiro atoms. The maximum absolute atomic E-state index is 12.6. The summed E-state index contributed by atoms with van der Waals surface area (Å²) >= 11 is 5.82. The minimum absolute atomic E-state index is 0.0483. The fourth-order valence-electron chi connectivity index (χ4n) is 2.87. The zero-order valence-electron chi connectivity index (χ0n) is 10.5. The van der Waals surface area contributed by atoms with Gasteiger partial charge in [0.2, 0.25) is 11.8 Å². The first-order chi connectivity index (χ1) is 9.08. The molecule has 2 fully saturated rings. The minimum atomic E-state index is -0.443. The Morgan fingerprint density at radius 2 is 2.37 bits per heavy atom. The van der Waals surface area contributed by atoms with Crippen molar-refractivity contribution in [1.29, 1.82) is 0 Å². The molecule has 3 unspecified atom stereocenters. The molecule has 2 aliphatic heterocycles. The summed E-state index contributed by atoms with van der Waals surface area (Å²) < 4.78 is 1.54. The third kappa shape index (κ3) is 2.00. The van der Waals surface area contributed by atoms with E-state index in [1.807, 2.05) is 0 Å². The Bertz CT molecular complexity index is 530. The molecule has 6 nitrogen and oxygen atoms in total. The maximum Gasteiger partial charge on any atom is 0.248 e. The first-order valence-corrected chi connectivity index (χ1v) is 6.75. The summed E-state index contributed by atoms with van der Waals surface area (Å²) in [5, 5.41) is 7.39. The molecule has 2 aliphatic rings. The Hall–Kier alpha value is -1.56. The van der Waals surface area contributed by atoms with Crippen molar-refractivity contribution in [2.75, 3.05) is 6.54 Å². The zero-order valence-corrected chi connectivity index (χ0v) is 11.3. The molecule has 3 heterocycles. The Morgan fingerprint density at radius 1 is 1.58 bits per heavy atom. The number of amides is 2. The summed E-state index contributed by atoms with van der Waals surface area (Å²) in [4.78, 5) is 26.1. The van der Waals surface area contributed by atoms with Crippen LogP contribution in [-0.4, -0.2) is 45.1 Å². The lowest BCUT2D eigenvalue weighted by atomic mass is 10.1. The minimum Gasteiger partial charge on any atom is -0.352 e. The molecule has 2 bridgehead atoms. The quantitative estimate of drug-likeness (QED) is 0.863. The first-order valence-electron chi connectivity index (χ1n) is 6.37. The van der Waals surface area contributed by atoms with Crippen LogP contribution >= 0.6 is 11.6 Å². The van der Waals surface area contributed by atoms with Crippen molar-refractivity contribution in [1.82, 2.24) is 20.0 Å². The van der Waals surface area contributed by atoms with Crippen molar-refractivity contribution in [3.8, 4) is 0 Å². The number of carbonyl (C=O) groups excluding carboxylic acids is 2. The van der Waals surface area contributed by atoms with Crippen LogP contribution in [0, 0.1) is 0 Å². The number of aromatic nitrogens is 2. The summed E-state index contributed by atoms with van der Waals surface area (Å²) in [6.07, 6.45) is 4.75. The van der Waals surface area contributed by atoms with Crippen molar-refractivity contribution in [2.45, 2.75) is 37.9 Å². The molecule has 0 aromatic carbocycles. The van der Waals surface area contributed by atoms with Crippen LogP contribution in [0.1, 0.15) is 25.8 Å². The third-order valence-corrected chi connectivity index (χ3v) is 4.09. The van der Waals surface area contributed by atoms with Gasteiger partial charge in [-0.1, -0.05) is 11.6 Å². The fraction of sp³-hybridized carbons (Fsp3) is 0.583. The van der Waals surface area contributed by atoms with E-state index >= 15 is 0 Å². The SMILES string of the molecule is CC(C(=O)N1C2CCC1C(=O)NC2)n1cc(Cl)cn1. The number of carbonyl (C=O) groups is 2. The van der Waals surface area contributed by atoms with Gasteiger partial charge in [0.25, 0.3) is 0 Å². The van der Waals surface area contributed by atoms with Gasteiger partial charge >= 0.3 is 0 Å². The lowest BCUT2D eigenvalue weighted by molar-refractivity contribution is -0.145. The molecule has 3 rings (SSSR count). The Morgan fingerprint density at radius 3 is 3.05 bits per heavy atom. The van der Waals surface area contributed by atoms with E-state index in [0.717, 1.165) is 12.8 Å². The van der Waals surface area contributed by atoms with Crippen molar-refractivity contribution in [3.63, 3.8) is 0 Å². The second-order valence-corrected chi connectivity index (χ2v) is 5.49. The summed E-state index contributed by atoms with van der Waals surface area (Å²) in [7, 11) is 0. The van der Waals surface area contributed by atoms with Gasteiger partial charge in [0.05, 0.1) is 17.3 Å². The number of nitrogens with zero attached hydrogens (tertiary/aromatic N) is 3. The fourth-order valence-corrected chi connectivity index (χ4v) is 3.01. The highest BCUT2D eigenvalue weighted by Crippen LogP contribution is 2.29. The van der Waals surface area contributed by atoms with Crippen LogP contribution in [0.4, 0.5) is 0 Å². The average Bonchev–Trinajstić information content (AvgIpc) is 2.96. The summed E-state index contributed by atoms with van der Waals surface area (Å²) in [5.41, 5.74) is 0. The maximum atomic E-state index is 12.6. The monoisotopic (exact) mass is 282 g/mol. The molecule has 2 amide bonds. The number of fused-ring (bicyclic) bond motifs is 2. The highest BCUT2D eigenvalue weighted by molar-refractivity contribution is 6.30. The predicted molar refractivity (Wildman–Crippen MR) is 68.6 cm³/mol. The van der Waals surface area contributed by atoms with Crippen LogP contribution in [-0.2, 0) is 9.59 Å². The van der Waals surface area contributed by atoms with E-state index in [1.165, 1.54) is 10.9 Å². The van der Waals surface area contributed by atoms with Gasteiger partial charge in [0, 0.05) is 12.7 Å². The van der Waals surface area contributed by atoms with E-state index in [9.17, 15) is 9.59 Å². The first kappa shape index (κ1) is 12.5. The van der Waals surface area contributed by atoms with Crippen LogP contribution in [0.5, 0.6) is 0 Å². The molecular weight excluding hydrogens is 268 g/mol. The third-order valence-electron chi connectivity index (χ3n) is 3.90. The van der Waals surface area contributed by atoms with Crippen LogP contribution in [0.15, 0.2) is 12.4 Å². The van der Waals surface area contributed by atoms with Gasteiger partial charge in [0.15, 0.2) is 0 Å². The van der Waals surface area contributed by atoms with E-state index in [-0.39, 0.29) is 23.9 Å². The smallest absolute Gasteiger partial charge is 0.248 e. The molecule has 7 heteroatoms. The van der Waals surface area contributed by atoms with Gasteiger partial charge in [-0.2, -0.15) is 5.10 Å². The van der Waals surface area contributed by atoms with Gasteiger partial charge in [-0.3, -0.25) is 14.3 Å². The van der Waals surface area contributed by atoms with E-state index < -0.39 is 6.04 Å². The predicted octanol–water partition coefficient (Wildman–Crippen LogP) is 0.587. The van der Waals surface area contributed by atoms with Gasteiger partial charge in [-0.25, -0.2) is 0 Å². The molecule has 1 aromatic heterocycles. The van der Waals surface area contributed by atoms with Crippen molar-refractivity contribution in [3.05, 3.63) is 17.4 Å². The Labute approximate surface area is 115 Å². The summed E-state index contributed by atoms with van der Waals surface area (Å²) in [5.74, 6) is -0.116. The normalized spacial score (nSPS) is 27.3. The molecular formula is C12H15ClN4O2. The van der Waals surface area contributed by atoms with E-state index in [0.29, 0.717) is 11.6 Å². The number of halogens is 1. The summed E-state index contributed by atoms with van der Waals surface area (Å²) in [6.45, 7) is 2.32. The molecule has 0 radical (unpaired) electrons. The molecule has 19 heavy (non-hydrogen) atoms. The lowest BCUT2D eigenvalue weighted by Gasteiger charge is -2.35. The van der Waals surface area contributed by atoms with Crippen LogP contribution in [0.3, 0.4) is 0 Å². The number of piperazine rings is 1. The molecule has 0 saturated carbocycles. The molecule has 102 valence electrons. The highest BCUT2D eigenvalue weighted by atomic mass is 35.5. The Kier molecular flexibility index (Phi) is 2.97. The highest BCUT2D eigenvalue weighted by Gasteiger charge is 2.45. The molecule has 1 aromatic rings. The second-order valence-electron chi connectivity index (χ2n) is 5.05. The van der Waals surface area contributed by atoms with Crippen LogP contribution < -0.4 is 5.32 Å². The van der Waals surface area contributed by atoms with Crippen LogP contribution in [0.2, 0.25) is 5.02 Å². The van der Waals surface area contributed by atoms with E-state index in [4.69, 9.17) is 11.6 Å². The van der Waals surface area contributed by atoms with Gasteiger partial charge in [-0.05, 0) is 19.8 Å². The van der Waals surface area contributed by atoms with Crippen molar-refractivity contribution < 1.29 is 9.59 Å². The molecule has 1 N–H and O–H groups in total. The van der Waals surface area contributed by atoms with E-state index in [1.54, 1.807) is 18.0 Å². The topological polar surface area (TPSA) is 67.2 Å². The van der Waals surface area contributed by atoms with Crippen LogP contribution in [0.25, 0.3) is 0 Å². The lowest BCUT2D eigenvalue weighted by Crippen LogP contribution is -2.58. The number of rotatable bonds is 2. The summed E-state index contributed by atoms with van der Waals surface area (Å²) in [6, 6.07) is -0.648.